The van der Waals surface area contributed by atoms with Crippen LogP contribution in [0.4, 0.5) is 0 Å². The Balaban J connectivity index is 2.15. The quantitative estimate of drug-likeness (QED) is 0.588. The maximum Gasteiger partial charge on any atom is 0.222 e. The average Bonchev–Trinajstić information content (AvgIpc) is 2.44. The Morgan fingerprint density at radius 2 is 2.08 bits per heavy atom. The molecule has 0 aromatic carbocycles. The van der Waals surface area contributed by atoms with Crippen molar-refractivity contribution in [3.8, 4) is 0 Å². The summed E-state index contributed by atoms with van der Waals surface area (Å²) in [5.41, 5.74) is 11.2. The zero-order valence-corrected chi connectivity index (χ0v) is 7.20. The minimum atomic E-state index is -0.183. The molecule has 2 saturated carbocycles. The van der Waals surface area contributed by atoms with Crippen LogP contribution in [0.25, 0.3) is 0 Å². The van der Waals surface area contributed by atoms with Gasteiger partial charge in [0.25, 0.3) is 0 Å². The van der Waals surface area contributed by atoms with Crippen LogP contribution in [0.15, 0.2) is 0 Å². The standard InChI is InChI=1S/C9H16N2O/c10-7-4-5-2-1-3-6(5)8(7)9(11)12/h5-8H,1-4,10H2,(H2,11,12)/t5?,6?,7?,8-/m1/s1. The third-order valence-corrected chi connectivity index (χ3v) is 3.54. The predicted octanol–water partition coefficient (Wildman–Crippen LogP) is 0.235. The number of primary amides is 1. The fourth-order valence-electron chi connectivity index (χ4n) is 3.07. The van der Waals surface area contributed by atoms with Gasteiger partial charge in [-0.2, -0.15) is 0 Å². The van der Waals surface area contributed by atoms with Crippen LogP contribution in [0.1, 0.15) is 25.7 Å². The lowest BCUT2D eigenvalue weighted by Crippen LogP contribution is -2.38. The van der Waals surface area contributed by atoms with Crippen LogP contribution in [0.3, 0.4) is 0 Å². The van der Waals surface area contributed by atoms with Crippen LogP contribution >= 0.6 is 0 Å². The third kappa shape index (κ3) is 1.04. The first-order chi connectivity index (χ1) is 5.70. The Morgan fingerprint density at radius 1 is 1.33 bits per heavy atom. The number of hydrogen-bond acceptors (Lipinski definition) is 2. The number of rotatable bonds is 1. The van der Waals surface area contributed by atoms with Crippen molar-refractivity contribution < 1.29 is 4.79 Å². The number of nitrogens with two attached hydrogens (primary N) is 2. The molecule has 12 heavy (non-hydrogen) atoms. The van der Waals surface area contributed by atoms with Crippen molar-refractivity contribution in [1.29, 1.82) is 0 Å². The molecular formula is C9H16N2O. The van der Waals surface area contributed by atoms with Gasteiger partial charge in [-0.1, -0.05) is 12.8 Å². The van der Waals surface area contributed by atoms with Crippen molar-refractivity contribution in [1.82, 2.24) is 0 Å². The van der Waals surface area contributed by atoms with E-state index in [1.54, 1.807) is 0 Å². The molecule has 0 radical (unpaired) electrons. The van der Waals surface area contributed by atoms with Crippen LogP contribution in [0.2, 0.25) is 0 Å². The van der Waals surface area contributed by atoms with Gasteiger partial charge in [0.05, 0.1) is 5.92 Å². The summed E-state index contributed by atoms with van der Waals surface area (Å²) < 4.78 is 0. The smallest absolute Gasteiger partial charge is 0.222 e. The molecule has 0 aromatic heterocycles. The molecule has 2 rings (SSSR count). The highest BCUT2D eigenvalue weighted by Crippen LogP contribution is 2.46. The lowest BCUT2D eigenvalue weighted by atomic mass is 9.90. The Kier molecular flexibility index (Phi) is 1.83. The fourth-order valence-corrected chi connectivity index (χ4v) is 3.07. The van der Waals surface area contributed by atoms with E-state index in [1.165, 1.54) is 12.8 Å². The van der Waals surface area contributed by atoms with Gasteiger partial charge >= 0.3 is 0 Å². The summed E-state index contributed by atoms with van der Waals surface area (Å²) >= 11 is 0. The van der Waals surface area contributed by atoms with E-state index < -0.39 is 0 Å². The second-order valence-corrected chi connectivity index (χ2v) is 4.18. The summed E-state index contributed by atoms with van der Waals surface area (Å²) in [6, 6.07) is 0.0396. The monoisotopic (exact) mass is 168 g/mol. The molecule has 2 aliphatic carbocycles. The normalized spacial score (nSPS) is 46.1. The summed E-state index contributed by atoms with van der Waals surface area (Å²) in [6.07, 6.45) is 4.68. The Labute approximate surface area is 72.5 Å². The summed E-state index contributed by atoms with van der Waals surface area (Å²) in [7, 11) is 0. The molecular weight excluding hydrogens is 152 g/mol. The lowest BCUT2D eigenvalue weighted by molar-refractivity contribution is -0.123. The zero-order chi connectivity index (χ0) is 8.72. The van der Waals surface area contributed by atoms with Gasteiger partial charge in [-0.15, -0.1) is 0 Å². The highest BCUT2D eigenvalue weighted by atomic mass is 16.1. The molecule has 3 unspecified atom stereocenters. The molecule has 4 atom stereocenters. The van der Waals surface area contributed by atoms with Crippen molar-refractivity contribution in [2.45, 2.75) is 31.7 Å². The average molecular weight is 168 g/mol. The van der Waals surface area contributed by atoms with Gasteiger partial charge in [-0.05, 0) is 24.7 Å². The number of carbonyl (C=O) groups is 1. The van der Waals surface area contributed by atoms with Crippen molar-refractivity contribution in [2.24, 2.45) is 29.2 Å². The summed E-state index contributed by atoms with van der Waals surface area (Å²) in [5.74, 6) is 0.990. The van der Waals surface area contributed by atoms with Gasteiger partial charge in [0, 0.05) is 6.04 Å². The molecule has 0 aliphatic heterocycles. The Morgan fingerprint density at radius 3 is 2.75 bits per heavy atom. The topological polar surface area (TPSA) is 69.1 Å². The maximum absolute atomic E-state index is 11.1. The van der Waals surface area contributed by atoms with E-state index >= 15 is 0 Å². The minimum absolute atomic E-state index is 0.0301. The molecule has 0 aromatic rings. The first kappa shape index (κ1) is 8.05. The molecule has 0 spiro atoms. The van der Waals surface area contributed by atoms with E-state index in [0.717, 1.165) is 12.8 Å². The Bertz CT molecular complexity index is 205. The first-order valence-corrected chi connectivity index (χ1v) is 4.75. The summed E-state index contributed by atoms with van der Waals surface area (Å²) in [4.78, 5) is 11.1. The van der Waals surface area contributed by atoms with Crippen molar-refractivity contribution in [3.63, 3.8) is 0 Å². The van der Waals surface area contributed by atoms with Gasteiger partial charge < -0.3 is 11.5 Å². The van der Waals surface area contributed by atoms with Crippen molar-refractivity contribution >= 4 is 5.91 Å². The van der Waals surface area contributed by atoms with Crippen molar-refractivity contribution in [3.05, 3.63) is 0 Å². The second kappa shape index (κ2) is 2.73. The van der Waals surface area contributed by atoms with Crippen LogP contribution < -0.4 is 11.5 Å². The van der Waals surface area contributed by atoms with Gasteiger partial charge in [-0.3, -0.25) is 4.79 Å². The summed E-state index contributed by atoms with van der Waals surface area (Å²) in [5, 5.41) is 0. The van der Waals surface area contributed by atoms with E-state index in [4.69, 9.17) is 11.5 Å². The highest BCUT2D eigenvalue weighted by molar-refractivity contribution is 5.78. The molecule has 3 nitrogen and oxygen atoms in total. The largest absolute Gasteiger partial charge is 0.369 e. The number of amides is 1. The highest BCUT2D eigenvalue weighted by Gasteiger charge is 2.46. The molecule has 3 heteroatoms. The van der Waals surface area contributed by atoms with E-state index in [9.17, 15) is 4.79 Å². The van der Waals surface area contributed by atoms with Gasteiger partial charge in [0.1, 0.15) is 0 Å². The molecule has 68 valence electrons. The fraction of sp³-hybridized carbons (Fsp3) is 0.889. The van der Waals surface area contributed by atoms with E-state index in [1.807, 2.05) is 0 Å². The maximum atomic E-state index is 11.1. The van der Waals surface area contributed by atoms with Crippen molar-refractivity contribution in [2.75, 3.05) is 0 Å². The zero-order valence-electron chi connectivity index (χ0n) is 7.20. The minimum Gasteiger partial charge on any atom is -0.369 e. The third-order valence-electron chi connectivity index (χ3n) is 3.54. The van der Waals surface area contributed by atoms with Gasteiger partial charge in [0.15, 0.2) is 0 Å². The molecule has 4 N–H and O–H groups in total. The van der Waals surface area contributed by atoms with E-state index in [0.29, 0.717) is 11.8 Å². The molecule has 0 saturated heterocycles. The molecule has 0 heterocycles. The second-order valence-electron chi connectivity index (χ2n) is 4.18. The predicted molar refractivity (Wildman–Crippen MR) is 46.1 cm³/mol. The molecule has 2 aliphatic rings. The van der Waals surface area contributed by atoms with Crippen LogP contribution in [0.5, 0.6) is 0 Å². The van der Waals surface area contributed by atoms with Gasteiger partial charge in [0.2, 0.25) is 5.91 Å². The van der Waals surface area contributed by atoms with Crippen LogP contribution in [0, 0.1) is 17.8 Å². The lowest BCUT2D eigenvalue weighted by Gasteiger charge is -2.17. The number of carbonyl (C=O) groups excluding carboxylic acids is 1. The van der Waals surface area contributed by atoms with E-state index in [-0.39, 0.29) is 17.9 Å². The molecule has 1 amide bonds. The SMILES string of the molecule is NC(=O)[C@H]1C(N)CC2CCCC21. The first-order valence-electron chi connectivity index (χ1n) is 4.75. The van der Waals surface area contributed by atoms with Gasteiger partial charge in [-0.25, -0.2) is 0 Å². The van der Waals surface area contributed by atoms with E-state index in [2.05, 4.69) is 0 Å². The molecule has 0 bridgehead atoms. The number of fused-ring (bicyclic) bond motifs is 1. The molecule has 2 fully saturated rings. The number of hydrogen-bond donors (Lipinski definition) is 2. The summed E-state index contributed by atoms with van der Waals surface area (Å²) in [6.45, 7) is 0. The Hall–Kier alpha value is -0.570. The van der Waals surface area contributed by atoms with Crippen LogP contribution in [-0.2, 0) is 4.79 Å². The van der Waals surface area contributed by atoms with Crippen LogP contribution in [-0.4, -0.2) is 11.9 Å².